The Morgan fingerprint density at radius 2 is 1.97 bits per heavy atom. The molecule has 0 aromatic carbocycles. The molecule has 0 bridgehead atoms. The number of nitrogens with zero attached hydrogens (tertiary/aromatic N) is 5. The van der Waals surface area contributed by atoms with Crippen molar-refractivity contribution in [2.24, 2.45) is 11.1 Å². The number of hydrogen-bond donors (Lipinski definition) is 2. The molecular formula is C19H19Cl2N7S2. The van der Waals surface area contributed by atoms with Crippen molar-refractivity contribution < 1.29 is 0 Å². The van der Waals surface area contributed by atoms with Gasteiger partial charge in [0, 0.05) is 29.1 Å². The summed E-state index contributed by atoms with van der Waals surface area (Å²) >= 11 is 15.3. The standard InChI is InChI=1S/C19H19Cl2N7S2/c20-14-10(1-4-24-17(14)23)29-13-9-25-12(8-26-13)28-5-2-19(3-6-28)7-11-15(16(19)22)27-18(21)30-11/h1,4,8-9,16H,2-3,5-7,22H2,(H2,23,24). The van der Waals surface area contributed by atoms with Crippen LogP contribution < -0.4 is 16.4 Å². The highest BCUT2D eigenvalue weighted by Gasteiger charge is 2.48. The van der Waals surface area contributed by atoms with Crippen LogP contribution in [-0.4, -0.2) is 33.0 Å². The highest BCUT2D eigenvalue weighted by Crippen LogP contribution is 2.52. The van der Waals surface area contributed by atoms with Gasteiger partial charge in [-0.05, 0) is 30.7 Å². The third-order valence-corrected chi connectivity index (χ3v) is 8.63. The zero-order chi connectivity index (χ0) is 20.9. The van der Waals surface area contributed by atoms with Gasteiger partial charge in [0.25, 0.3) is 0 Å². The number of nitrogen functional groups attached to an aromatic ring is 1. The fourth-order valence-electron chi connectivity index (χ4n) is 4.25. The Kier molecular flexibility index (Phi) is 5.27. The minimum atomic E-state index is -0.0409. The summed E-state index contributed by atoms with van der Waals surface area (Å²) in [5.74, 6) is 1.18. The van der Waals surface area contributed by atoms with E-state index in [1.807, 2.05) is 12.3 Å². The molecule has 1 fully saturated rings. The summed E-state index contributed by atoms with van der Waals surface area (Å²) in [6, 6.07) is 1.77. The average Bonchev–Trinajstić information content (AvgIpc) is 3.22. The van der Waals surface area contributed by atoms with Crippen LogP contribution in [0.25, 0.3) is 0 Å². The van der Waals surface area contributed by atoms with Crippen LogP contribution in [0.1, 0.15) is 29.5 Å². The fourth-order valence-corrected chi connectivity index (χ4v) is 6.59. The van der Waals surface area contributed by atoms with Gasteiger partial charge in [-0.25, -0.2) is 19.9 Å². The van der Waals surface area contributed by atoms with E-state index < -0.39 is 0 Å². The maximum atomic E-state index is 6.58. The van der Waals surface area contributed by atoms with E-state index in [0.29, 0.717) is 15.3 Å². The van der Waals surface area contributed by atoms with Crippen molar-refractivity contribution in [3.63, 3.8) is 0 Å². The number of thiazole rings is 1. The molecule has 0 radical (unpaired) electrons. The molecule has 4 heterocycles. The molecule has 0 amide bonds. The summed E-state index contributed by atoms with van der Waals surface area (Å²) < 4.78 is 0.590. The lowest BCUT2D eigenvalue weighted by molar-refractivity contribution is 0.186. The number of hydrogen-bond acceptors (Lipinski definition) is 9. The monoisotopic (exact) mass is 479 g/mol. The van der Waals surface area contributed by atoms with Crippen LogP contribution in [0.15, 0.2) is 34.6 Å². The number of piperidine rings is 1. The summed E-state index contributed by atoms with van der Waals surface area (Å²) in [4.78, 5) is 21.9. The van der Waals surface area contributed by atoms with Gasteiger partial charge >= 0.3 is 0 Å². The number of pyridine rings is 1. The first-order chi connectivity index (χ1) is 14.4. The van der Waals surface area contributed by atoms with Gasteiger partial charge in [-0.15, -0.1) is 11.3 Å². The molecule has 1 saturated heterocycles. The van der Waals surface area contributed by atoms with Crippen molar-refractivity contribution in [3.05, 3.63) is 44.7 Å². The predicted molar refractivity (Wildman–Crippen MR) is 121 cm³/mol. The molecule has 4 N–H and O–H groups in total. The average molecular weight is 480 g/mol. The number of anilines is 2. The van der Waals surface area contributed by atoms with Crippen LogP contribution in [0.4, 0.5) is 11.6 Å². The lowest BCUT2D eigenvalue weighted by atomic mass is 9.73. The SMILES string of the molecule is Nc1nccc(Sc2cnc(N3CCC4(CC3)Cc3sc(Cl)nc3C4N)cn2)c1Cl. The number of halogens is 2. The van der Waals surface area contributed by atoms with Gasteiger partial charge in [-0.1, -0.05) is 35.0 Å². The van der Waals surface area contributed by atoms with Gasteiger partial charge < -0.3 is 16.4 Å². The topological polar surface area (TPSA) is 107 Å². The Bertz CT molecular complexity index is 1080. The van der Waals surface area contributed by atoms with Crippen LogP contribution in [0.3, 0.4) is 0 Å². The molecule has 0 saturated carbocycles. The first-order valence-corrected chi connectivity index (χ1v) is 11.9. The summed E-state index contributed by atoms with van der Waals surface area (Å²) in [7, 11) is 0. The largest absolute Gasteiger partial charge is 0.382 e. The van der Waals surface area contributed by atoms with Crippen molar-refractivity contribution in [3.8, 4) is 0 Å². The first kappa shape index (κ1) is 20.3. The van der Waals surface area contributed by atoms with Gasteiger partial charge in [0.1, 0.15) is 16.7 Å². The minimum Gasteiger partial charge on any atom is -0.382 e. The predicted octanol–water partition coefficient (Wildman–Crippen LogP) is 4.21. The molecule has 2 aliphatic rings. The quantitative estimate of drug-likeness (QED) is 0.574. The van der Waals surface area contributed by atoms with Gasteiger partial charge in [0.05, 0.1) is 29.2 Å². The Morgan fingerprint density at radius 1 is 1.17 bits per heavy atom. The van der Waals surface area contributed by atoms with Gasteiger partial charge in [0.15, 0.2) is 4.47 Å². The van der Waals surface area contributed by atoms with Crippen LogP contribution >= 0.6 is 46.3 Å². The van der Waals surface area contributed by atoms with E-state index in [4.69, 9.17) is 34.7 Å². The maximum Gasteiger partial charge on any atom is 0.184 e. The van der Waals surface area contributed by atoms with Crippen molar-refractivity contribution >= 4 is 57.9 Å². The van der Waals surface area contributed by atoms with E-state index in [-0.39, 0.29) is 11.5 Å². The molecule has 5 rings (SSSR count). The van der Waals surface area contributed by atoms with Crippen LogP contribution in [0, 0.1) is 5.41 Å². The lowest BCUT2D eigenvalue weighted by Crippen LogP contribution is -2.44. The molecule has 30 heavy (non-hydrogen) atoms. The van der Waals surface area contributed by atoms with E-state index >= 15 is 0 Å². The third-order valence-electron chi connectivity index (χ3n) is 5.96. The fraction of sp³-hybridized carbons (Fsp3) is 0.368. The molecule has 1 unspecified atom stereocenters. The van der Waals surface area contributed by atoms with E-state index in [1.165, 1.54) is 16.6 Å². The van der Waals surface area contributed by atoms with Crippen molar-refractivity contribution in [2.45, 2.75) is 35.2 Å². The highest BCUT2D eigenvalue weighted by atomic mass is 35.5. The summed E-state index contributed by atoms with van der Waals surface area (Å²) in [6.45, 7) is 1.79. The first-order valence-electron chi connectivity index (χ1n) is 9.51. The number of aromatic nitrogens is 4. The summed E-state index contributed by atoms with van der Waals surface area (Å²) in [6.07, 6.45) is 8.18. The zero-order valence-corrected chi connectivity index (χ0v) is 19.0. The zero-order valence-electron chi connectivity index (χ0n) is 15.9. The smallest absolute Gasteiger partial charge is 0.184 e. The maximum absolute atomic E-state index is 6.58. The Balaban J connectivity index is 1.25. The second-order valence-corrected chi connectivity index (χ2v) is 10.7. The third kappa shape index (κ3) is 3.52. The van der Waals surface area contributed by atoms with E-state index in [2.05, 4.69) is 24.8 Å². The van der Waals surface area contributed by atoms with E-state index in [9.17, 15) is 0 Å². The molecule has 3 aromatic rings. The van der Waals surface area contributed by atoms with E-state index in [0.717, 1.165) is 53.8 Å². The molecule has 7 nitrogen and oxygen atoms in total. The lowest BCUT2D eigenvalue weighted by Gasteiger charge is -2.42. The van der Waals surface area contributed by atoms with Gasteiger partial charge in [0.2, 0.25) is 0 Å². The highest BCUT2D eigenvalue weighted by molar-refractivity contribution is 7.99. The molecule has 1 aliphatic carbocycles. The molecular weight excluding hydrogens is 461 g/mol. The number of nitrogens with two attached hydrogens (primary N) is 2. The summed E-state index contributed by atoms with van der Waals surface area (Å²) in [5.41, 5.74) is 13.4. The molecule has 11 heteroatoms. The van der Waals surface area contributed by atoms with E-state index in [1.54, 1.807) is 23.7 Å². The molecule has 1 aliphatic heterocycles. The van der Waals surface area contributed by atoms with Gasteiger partial charge in [-0.3, -0.25) is 0 Å². The van der Waals surface area contributed by atoms with Crippen LogP contribution in [0.5, 0.6) is 0 Å². The van der Waals surface area contributed by atoms with Crippen LogP contribution in [0.2, 0.25) is 9.49 Å². The molecule has 1 spiro atoms. The number of rotatable bonds is 3. The molecule has 156 valence electrons. The molecule has 1 atom stereocenters. The van der Waals surface area contributed by atoms with Gasteiger partial charge in [-0.2, -0.15) is 0 Å². The van der Waals surface area contributed by atoms with Crippen molar-refractivity contribution in [1.29, 1.82) is 0 Å². The summed E-state index contributed by atoms with van der Waals surface area (Å²) in [5, 5.41) is 1.19. The Hall–Kier alpha value is -1.65. The second-order valence-electron chi connectivity index (χ2n) is 7.60. The minimum absolute atomic E-state index is 0.0409. The Labute approximate surface area is 192 Å². The second kappa shape index (κ2) is 7.80. The molecule has 3 aromatic heterocycles. The van der Waals surface area contributed by atoms with Crippen molar-refractivity contribution in [1.82, 2.24) is 19.9 Å². The van der Waals surface area contributed by atoms with Crippen molar-refractivity contribution in [2.75, 3.05) is 23.7 Å². The normalized spacial score (nSPS) is 20.0. The Morgan fingerprint density at radius 3 is 2.67 bits per heavy atom. The van der Waals surface area contributed by atoms with Crippen LogP contribution in [-0.2, 0) is 6.42 Å². The number of fused-ring (bicyclic) bond motifs is 1.